The molecule has 0 unspecified atom stereocenters. The third kappa shape index (κ3) is 1.75. The number of para-hydroxylation sites is 1. The Morgan fingerprint density at radius 2 is 2.05 bits per heavy atom. The Morgan fingerprint density at radius 3 is 2.86 bits per heavy atom. The SMILES string of the molecule is C/C=C\C1=C(C)c2c(ccc3[nH]c4c(Br)cccc4c23)C1. The van der Waals surface area contributed by atoms with Crippen LogP contribution in [0.5, 0.6) is 0 Å². The number of halogens is 1. The second-order valence-electron chi connectivity index (χ2n) is 5.64. The van der Waals surface area contributed by atoms with Crippen LogP contribution in [-0.2, 0) is 6.42 Å². The summed E-state index contributed by atoms with van der Waals surface area (Å²) in [4.78, 5) is 3.56. The molecule has 0 amide bonds. The zero-order chi connectivity index (χ0) is 14.6. The number of aromatic nitrogens is 1. The summed E-state index contributed by atoms with van der Waals surface area (Å²) in [6, 6.07) is 10.9. The maximum atomic E-state index is 3.65. The monoisotopic (exact) mass is 337 g/mol. The lowest BCUT2D eigenvalue weighted by Gasteiger charge is -2.04. The molecular formula is C19H16BrN. The first kappa shape index (κ1) is 12.9. The van der Waals surface area contributed by atoms with Crippen LogP contribution in [0.1, 0.15) is 25.0 Å². The number of fused-ring (bicyclic) bond motifs is 5. The van der Waals surface area contributed by atoms with Crippen molar-refractivity contribution in [1.29, 1.82) is 0 Å². The van der Waals surface area contributed by atoms with Crippen LogP contribution in [0.2, 0.25) is 0 Å². The molecule has 1 aliphatic rings. The van der Waals surface area contributed by atoms with Gasteiger partial charge in [-0.05, 0) is 70.6 Å². The molecule has 1 heterocycles. The van der Waals surface area contributed by atoms with Crippen LogP contribution in [0.4, 0.5) is 0 Å². The van der Waals surface area contributed by atoms with E-state index in [0.717, 1.165) is 10.9 Å². The van der Waals surface area contributed by atoms with E-state index in [0.29, 0.717) is 0 Å². The molecule has 3 aromatic rings. The summed E-state index contributed by atoms with van der Waals surface area (Å²) in [6.07, 6.45) is 5.42. The number of nitrogens with one attached hydrogen (secondary N) is 1. The number of allylic oxidation sites excluding steroid dienone is 4. The predicted molar refractivity (Wildman–Crippen MR) is 94.6 cm³/mol. The van der Waals surface area contributed by atoms with E-state index in [2.05, 4.69) is 77.2 Å². The van der Waals surface area contributed by atoms with Gasteiger partial charge in [-0.25, -0.2) is 0 Å². The number of rotatable bonds is 1. The molecule has 104 valence electrons. The lowest BCUT2D eigenvalue weighted by molar-refractivity contribution is 1.25. The molecule has 0 bridgehead atoms. The minimum atomic E-state index is 1.04. The number of hydrogen-bond donors (Lipinski definition) is 1. The van der Waals surface area contributed by atoms with Crippen molar-refractivity contribution < 1.29 is 0 Å². The van der Waals surface area contributed by atoms with Crippen molar-refractivity contribution in [3.8, 4) is 0 Å². The summed E-state index contributed by atoms with van der Waals surface area (Å²) in [5.41, 5.74) is 8.11. The van der Waals surface area contributed by atoms with E-state index in [1.165, 1.54) is 44.1 Å². The first-order valence-corrected chi connectivity index (χ1v) is 8.04. The molecule has 1 aliphatic carbocycles. The second kappa shape index (κ2) is 4.60. The van der Waals surface area contributed by atoms with Gasteiger partial charge >= 0.3 is 0 Å². The lowest BCUT2D eigenvalue weighted by Crippen LogP contribution is -1.84. The van der Waals surface area contributed by atoms with Crippen molar-refractivity contribution >= 4 is 43.3 Å². The molecule has 2 aromatic carbocycles. The number of hydrogen-bond acceptors (Lipinski definition) is 0. The zero-order valence-corrected chi connectivity index (χ0v) is 13.7. The molecule has 0 radical (unpaired) electrons. The van der Waals surface area contributed by atoms with Crippen LogP contribution in [-0.4, -0.2) is 4.98 Å². The van der Waals surface area contributed by atoms with Crippen LogP contribution in [0.25, 0.3) is 27.4 Å². The molecule has 0 saturated carbocycles. The van der Waals surface area contributed by atoms with Crippen molar-refractivity contribution in [3.05, 3.63) is 63.7 Å². The first-order valence-electron chi connectivity index (χ1n) is 7.25. The van der Waals surface area contributed by atoms with Gasteiger partial charge in [0.15, 0.2) is 0 Å². The van der Waals surface area contributed by atoms with E-state index >= 15 is 0 Å². The number of benzene rings is 2. The highest BCUT2D eigenvalue weighted by Gasteiger charge is 2.21. The molecule has 0 spiro atoms. The molecule has 4 rings (SSSR count). The van der Waals surface area contributed by atoms with E-state index in [1.54, 1.807) is 0 Å². The van der Waals surface area contributed by atoms with Gasteiger partial charge in [0.05, 0.1) is 5.52 Å². The molecular weight excluding hydrogens is 322 g/mol. The fraction of sp³-hybridized carbons (Fsp3) is 0.158. The standard InChI is InChI=1S/C19H16BrN/c1-3-5-12-10-13-8-9-16-18(17(13)11(12)2)14-6-4-7-15(20)19(14)21-16/h3-9,21H,10H2,1-2H3/b5-3-. The smallest absolute Gasteiger partial charge is 0.0609 e. The normalized spacial score (nSPS) is 14.8. The Balaban J connectivity index is 2.16. The summed E-state index contributed by atoms with van der Waals surface area (Å²) in [6.45, 7) is 4.33. The van der Waals surface area contributed by atoms with Crippen molar-refractivity contribution in [3.63, 3.8) is 0 Å². The molecule has 0 atom stereocenters. The zero-order valence-electron chi connectivity index (χ0n) is 12.1. The highest BCUT2D eigenvalue weighted by molar-refractivity contribution is 9.10. The molecule has 1 N–H and O–H groups in total. The van der Waals surface area contributed by atoms with E-state index in [-0.39, 0.29) is 0 Å². The van der Waals surface area contributed by atoms with Crippen LogP contribution in [0.3, 0.4) is 0 Å². The highest BCUT2D eigenvalue weighted by Crippen LogP contribution is 2.42. The Labute approximate surface area is 132 Å². The van der Waals surface area contributed by atoms with Gasteiger partial charge in [-0.15, -0.1) is 0 Å². The minimum absolute atomic E-state index is 1.04. The van der Waals surface area contributed by atoms with Gasteiger partial charge in [-0.3, -0.25) is 0 Å². The van der Waals surface area contributed by atoms with Crippen LogP contribution in [0, 0.1) is 0 Å². The van der Waals surface area contributed by atoms with Crippen molar-refractivity contribution in [1.82, 2.24) is 4.98 Å². The van der Waals surface area contributed by atoms with Crippen LogP contribution < -0.4 is 0 Å². The Morgan fingerprint density at radius 1 is 1.19 bits per heavy atom. The number of aromatic amines is 1. The third-order valence-electron chi connectivity index (χ3n) is 4.44. The van der Waals surface area contributed by atoms with E-state index in [1.807, 2.05) is 0 Å². The summed E-state index contributed by atoms with van der Waals surface area (Å²) >= 11 is 3.65. The summed E-state index contributed by atoms with van der Waals surface area (Å²) in [5.74, 6) is 0. The summed E-state index contributed by atoms with van der Waals surface area (Å²) in [5, 5.41) is 2.66. The Bertz CT molecular complexity index is 941. The van der Waals surface area contributed by atoms with Crippen LogP contribution in [0.15, 0.2) is 52.5 Å². The topological polar surface area (TPSA) is 15.8 Å². The molecule has 0 saturated heterocycles. The van der Waals surface area contributed by atoms with E-state index in [9.17, 15) is 0 Å². The average Bonchev–Trinajstić information content (AvgIpc) is 2.99. The molecule has 2 heteroatoms. The molecule has 0 fully saturated rings. The molecule has 21 heavy (non-hydrogen) atoms. The molecule has 1 nitrogen and oxygen atoms in total. The quantitative estimate of drug-likeness (QED) is 0.561. The number of H-pyrrole nitrogens is 1. The van der Waals surface area contributed by atoms with E-state index in [4.69, 9.17) is 0 Å². The van der Waals surface area contributed by atoms with Gasteiger partial charge in [0.1, 0.15) is 0 Å². The second-order valence-corrected chi connectivity index (χ2v) is 6.49. The fourth-order valence-electron chi connectivity index (χ4n) is 3.48. The van der Waals surface area contributed by atoms with Crippen molar-refractivity contribution in [2.45, 2.75) is 20.3 Å². The van der Waals surface area contributed by atoms with Crippen LogP contribution >= 0.6 is 15.9 Å². The van der Waals surface area contributed by atoms with Crippen molar-refractivity contribution in [2.75, 3.05) is 0 Å². The van der Waals surface area contributed by atoms with Gasteiger partial charge in [-0.1, -0.05) is 30.4 Å². The average molecular weight is 338 g/mol. The van der Waals surface area contributed by atoms with Gasteiger partial charge in [-0.2, -0.15) is 0 Å². The third-order valence-corrected chi connectivity index (χ3v) is 5.10. The molecule has 1 aromatic heterocycles. The summed E-state index contributed by atoms with van der Waals surface area (Å²) in [7, 11) is 0. The molecule has 0 aliphatic heterocycles. The predicted octanol–water partition coefficient (Wildman–Crippen LogP) is 5.99. The highest BCUT2D eigenvalue weighted by atomic mass is 79.9. The Hall–Kier alpha value is -1.80. The minimum Gasteiger partial charge on any atom is -0.354 e. The largest absolute Gasteiger partial charge is 0.354 e. The van der Waals surface area contributed by atoms with Gasteiger partial charge in [0, 0.05) is 20.8 Å². The van der Waals surface area contributed by atoms with Gasteiger partial charge < -0.3 is 4.98 Å². The Kier molecular flexibility index (Phi) is 2.83. The van der Waals surface area contributed by atoms with Gasteiger partial charge in [0.25, 0.3) is 0 Å². The van der Waals surface area contributed by atoms with Gasteiger partial charge in [0.2, 0.25) is 0 Å². The van der Waals surface area contributed by atoms with E-state index < -0.39 is 0 Å². The first-order chi connectivity index (χ1) is 10.2. The maximum absolute atomic E-state index is 3.65. The lowest BCUT2D eigenvalue weighted by atomic mass is 9.99. The van der Waals surface area contributed by atoms with Crippen molar-refractivity contribution in [2.24, 2.45) is 0 Å². The fourth-order valence-corrected chi connectivity index (χ4v) is 3.95. The maximum Gasteiger partial charge on any atom is 0.0609 e. The summed E-state index contributed by atoms with van der Waals surface area (Å²) < 4.78 is 1.12.